The van der Waals surface area contributed by atoms with Crippen molar-refractivity contribution in [1.29, 1.82) is 0 Å². The van der Waals surface area contributed by atoms with E-state index < -0.39 is 0 Å². The minimum absolute atomic E-state index is 0.162. The van der Waals surface area contributed by atoms with Crippen LogP contribution in [0, 0.1) is 46.3 Å². The fourth-order valence-corrected chi connectivity index (χ4v) is 8.19. The van der Waals surface area contributed by atoms with Crippen molar-refractivity contribution in [2.75, 3.05) is 14.2 Å². The van der Waals surface area contributed by atoms with E-state index in [1.807, 2.05) is 0 Å². The Labute approximate surface area is 160 Å². The first-order valence-corrected chi connectivity index (χ1v) is 11.1. The first-order valence-electron chi connectivity index (χ1n) is 11.1. The van der Waals surface area contributed by atoms with Gasteiger partial charge >= 0.3 is 0 Å². The van der Waals surface area contributed by atoms with Crippen LogP contribution in [0.4, 0.5) is 0 Å². The summed E-state index contributed by atoms with van der Waals surface area (Å²) in [5.41, 5.74) is 0.762. The lowest BCUT2D eigenvalue weighted by Gasteiger charge is -2.61. The quantitative estimate of drug-likeness (QED) is 0.625. The molecule has 0 heterocycles. The molecule has 4 fully saturated rings. The smallest absolute Gasteiger partial charge is 0.249 e. The lowest BCUT2D eigenvalue weighted by atomic mass is 9.44. The Morgan fingerprint density at radius 3 is 2.38 bits per heavy atom. The zero-order valence-corrected chi connectivity index (χ0v) is 17.6. The normalized spacial score (nSPS) is 50.5. The molecular formula is C23H39NO2. The van der Waals surface area contributed by atoms with E-state index >= 15 is 0 Å². The monoisotopic (exact) mass is 361 g/mol. The molecule has 8 atom stereocenters. The third-order valence-electron chi connectivity index (χ3n) is 9.81. The van der Waals surface area contributed by atoms with Crippen LogP contribution in [0.3, 0.4) is 0 Å². The standard InChI is InChI=1S/C23H39NO2/c1-15-10-12-22(2)16(14-15)6-7-17-18-8-9-20(21(25)24(4)26-5)23(18,3)13-11-19(17)22/h15-20H,6-14H2,1-5H3/t15-,16+,17-,18?,19-,20+,22-,23-/m0/s1. The number of hydroxylamine groups is 2. The second kappa shape index (κ2) is 6.50. The van der Waals surface area contributed by atoms with Crippen LogP contribution in [0.2, 0.25) is 0 Å². The molecule has 0 aromatic rings. The number of nitrogens with zero attached hydrogens (tertiary/aromatic N) is 1. The molecule has 148 valence electrons. The minimum atomic E-state index is 0.162. The number of hydrogen-bond acceptors (Lipinski definition) is 2. The van der Waals surface area contributed by atoms with Crippen molar-refractivity contribution in [3.05, 3.63) is 0 Å². The van der Waals surface area contributed by atoms with E-state index in [2.05, 4.69) is 20.8 Å². The maximum absolute atomic E-state index is 12.9. The lowest BCUT2D eigenvalue weighted by molar-refractivity contribution is -0.181. The third-order valence-corrected chi connectivity index (χ3v) is 9.81. The molecular weight excluding hydrogens is 322 g/mol. The van der Waals surface area contributed by atoms with Crippen LogP contribution in [0.15, 0.2) is 0 Å². The van der Waals surface area contributed by atoms with Gasteiger partial charge in [-0.05, 0) is 91.8 Å². The van der Waals surface area contributed by atoms with Gasteiger partial charge in [-0.2, -0.15) is 0 Å². The molecule has 4 aliphatic carbocycles. The van der Waals surface area contributed by atoms with E-state index in [-0.39, 0.29) is 17.2 Å². The summed E-state index contributed by atoms with van der Waals surface area (Å²) in [6, 6.07) is 0. The van der Waals surface area contributed by atoms with E-state index in [1.165, 1.54) is 56.4 Å². The van der Waals surface area contributed by atoms with Gasteiger partial charge in [0.15, 0.2) is 0 Å². The SMILES string of the molecule is CON(C)C(=O)[C@H]1CCC2[C@@H]3CC[C@@H]4C[C@@H](C)CC[C@]4(C)[C@H]3CC[C@@]21C. The summed E-state index contributed by atoms with van der Waals surface area (Å²) in [4.78, 5) is 18.2. The number of carbonyl (C=O) groups is 1. The van der Waals surface area contributed by atoms with Crippen LogP contribution in [0.1, 0.15) is 78.6 Å². The van der Waals surface area contributed by atoms with Crippen molar-refractivity contribution in [2.24, 2.45) is 46.3 Å². The fraction of sp³-hybridized carbons (Fsp3) is 0.957. The minimum Gasteiger partial charge on any atom is -0.275 e. The van der Waals surface area contributed by atoms with Gasteiger partial charge in [0.05, 0.1) is 7.11 Å². The number of fused-ring (bicyclic) bond motifs is 5. The van der Waals surface area contributed by atoms with E-state index in [4.69, 9.17) is 4.84 Å². The first kappa shape index (κ1) is 18.8. The van der Waals surface area contributed by atoms with Gasteiger partial charge in [0, 0.05) is 13.0 Å². The van der Waals surface area contributed by atoms with Crippen LogP contribution < -0.4 is 0 Å². The molecule has 4 aliphatic rings. The highest BCUT2D eigenvalue weighted by Crippen LogP contribution is 2.67. The largest absolute Gasteiger partial charge is 0.275 e. The topological polar surface area (TPSA) is 29.5 Å². The van der Waals surface area contributed by atoms with Gasteiger partial charge in [-0.15, -0.1) is 0 Å². The van der Waals surface area contributed by atoms with E-state index in [1.54, 1.807) is 14.2 Å². The summed E-state index contributed by atoms with van der Waals surface area (Å²) < 4.78 is 0. The Kier molecular flexibility index (Phi) is 4.69. The predicted molar refractivity (Wildman–Crippen MR) is 104 cm³/mol. The zero-order valence-electron chi connectivity index (χ0n) is 17.6. The van der Waals surface area contributed by atoms with Gasteiger partial charge in [0.1, 0.15) is 0 Å². The number of amides is 1. The Balaban J connectivity index is 1.57. The molecule has 1 amide bonds. The van der Waals surface area contributed by atoms with Gasteiger partial charge in [-0.3, -0.25) is 9.63 Å². The summed E-state index contributed by atoms with van der Waals surface area (Å²) in [7, 11) is 3.38. The molecule has 0 spiro atoms. The molecule has 0 aromatic heterocycles. The van der Waals surface area contributed by atoms with Gasteiger partial charge < -0.3 is 0 Å². The van der Waals surface area contributed by atoms with Gasteiger partial charge in [-0.1, -0.05) is 27.2 Å². The van der Waals surface area contributed by atoms with E-state index in [9.17, 15) is 4.79 Å². The van der Waals surface area contributed by atoms with Gasteiger partial charge in [0.2, 0.25) is 5.91 Å². The van der Waals surface area contributed by atoms with Gasteiger partial charge in [-0.25, -0.2) is 5.06 Å². The van der Waals surface area contributed by atoms with E-state index in [0.29, 0.717) is 5.41 Å². The second-order valence-corrected chi connectivity index (χ2v) is 10.7. The van der Waals surface area contributed by atoms with Crippen LogP contribution in [0.5, 0.6) is 0 Å². The van der Waals surface area contributed by atoms with Crippen LogP contribution in [-0.2, 0) is 9.63 Å². The number of rotatable bonds is 2. The summed E-state index contributed by atoms with van der Waals surface area (Å²) in [6.45, 7) is 7.53. The Morgan fingerprint density at radius 2 is 1.65 bits per heavy atom. The molecule has 0 aliphatic heterocycles. The summed E-state index contributed by atoms with van der Waals surface area (Å²) in [6.07, 6.45) is 12.1. The fourth-order valence-electron chi connectivity index (χ4n) is 8.19. The highest BCUT2D eigenvalue weighted by Gasteiger charge is 2.61. The van der Waals surface area contributed by atoms with Crippen LogP contribution in [0.25, 0.3) is 0 Å². The van der Waals surface area contributed by atoms with Crippen molar-refractivity contribution in [3.63, 3.8) is 0 Å². The van der Waals surface area contributed by atoms with Crippen LogP contribution in [-0.4, -0.2) is 25.1 Å². The summed E-state index contributed by atoms with van der Waals surface area (Å²) >= 11 is 0. The van der Waals surface area contributed by atoms with Gasteiger partial charge in [0.25, 0.3) is 0 Å². The molecule has 3 nitrogen and oxygen atoms in total. The molecule has 3 heteroatoms. The average Bonchev–Trinajstić information content (AvgIpc) is 2.98. The van der Waals surface area contributed by atoms with Crippen molar-refractivity contribution in [2.45, 2.75) is 78.6 Å². The predicted octanol–water partition coefficient (Wildman–Crippen LogP) is 5.30. The molecule has 0 aromatic carbocycles. The molecule has 26 heavy (non-hydrogen) atoms. The molecule has 0 N–H and O–H groups in total. The molecule has 1 unspecified atom stereocenters. The summed E-state index contributed by atoms with van der Waals surface area (Å²) in [5, 5.41) is 1.48. The van der Waals surface area contributed by atoms with Crippen molar-refractivity contribution < 1.29 is 9.63 Å². The maximum atomic E-state index is 12.9. The average molecular weight is 362 g/mol. The molecule has 4 saturated carbocycles. The maximum Gasteiger partial charge on any atom is 0.249 e. The van der Waals surface area contributed by atoms with Crippen molar-refractivity contribution in [3.8, 4) is 0 Å². The Bertz CT molecular complexity index is 562. The summed E-state index contributed by atoms with van der Waals surface area (Å²) in [5.74, 6) is 4.76. The molecule has 0 radical (unpaired) electrons. The molecule has 0 bridgehead atoms. The Morgan fingerprint density at radius 1 is 0.962 bits per heavy atom. The number of carbonyl (C=O) groups excluding carboxylic acids is 1. The first-order chi connectivity index (χ1) is 12.3. The Hall–Kier alpha value is -0.570. The second-order valence-electron chi connectivity index (χ2n) is 10.7. The molecule has 4 rings (SSSR count). The van der Waals surface area contributed by atoms with Crippen molar-refractivity contribution in [1.82, 2.24) is 5.06 Å². The van der Waals surface area contributed by atoms with Crippen LogP contribution >= 0.6 is 0 Å². The lowest BCUT2D eigenvalue weighted by Crippen LogP contribution is -2.54. The zero-order chi connectivity index (χ0) is 18.7. The van der Waals surface area contributed by atoms with E-state index in [0.717, 1.165) is 36.0 Å². The van der Waals surface area contributed by atoms with Crippen molar-refractivity contribution >= 4 is 5.91 Å². The molecule has 0 saturated heterocycles. The highest BCUT2D eigenvalue weighted by molar-refractivity contribution is 5.79. The number of hydrogen-bond donors (Lipinski definition) is 0. The third kappa shape index (κ3) is 2.59. The highest BCUT2D eigenvalue weighted by atomic mass is 16.7.